The zero-order chi connectivity index (χ0) is 21.1. The van der Waals surface area contributed by atoms with Crippen LogP contribution in [-0.4, -0.2) is 46.9 Å². The van der Waals surface area contributed by atoms with Crippen molar-refractivity contribution < 1.29 is 28.8 Å². The molecular formula is C20H20N2O7. The molecule has 1 saturated heterocycles. The first-order valence-electron chi connectivity index (χ1n) is 8.93. The number of furan rings is 1. The molecule has 29 heavy (non-hydrogen) atoms. The number of nitro benzene ring substituents is 1. The van der Waals surface area contributed by atoms with E-state index in [9.17, 15) is 24.8 Å². The third kappa shape index (κ3) is 3.90. The summed E-state index contributed by atoms with van der Waals surface area (Å²) in [7, 11) is 1.54. The second-order valence-corrected chi connectivity index (χ2v) is 6.59. The lowest BCUT2D eigenvalue weighted by Crippen LogP contribution is -2.31. The van der Waals surface area contributed by atoms with Crippen molar-refractivity contribution in [1.82, 2.24) is 4.90 Å². The van der Waals surface area contributed by atoms with Crippen molar-refractivity contribution in [1.29, 1.82) is 0 Å². The van der Waals surface area contributed by atoms with Crippen LogP contribution in [0, 0.1) is 17.0 Å². The Labute approximate surface area is 166 Å². The highest BCUT2D eigenvalue weighted by molar-refractivity contribution is 6.46. The van der Waals surface area contributed by atoms with Gasteiger partial charge in [-0.05, 0) is 37.6 Å². The van der Waals surface area contributed by atoms with Gasteiger partial charge in [0.1, 0.15) is 23.3 Å². The maximum Gasteiger partial charge on any atom is 0.295 e. The van der Waals surface area contributed by atoms with E-state index in [0.29, 0.717) is 24.5 Å². The van der Waals surface area contributed by atoms with E-state index in [1.54, 1.807) is 19.1 Å². The molecule has 1 unspecified atom stereocenters. The van der Waals surface area contributed by atoms with Crippen LogP contribution in [0.15, 0.2) is 46.4 Å². The maximum absolute atomic E-state index is 12.7. The first kappa shape index (κ1) is 20.3. The first-order chi connectivity index (χ1) is 13.8. The number of aryl methyl sites for hydroxylation is 1. The third-order valence-corrected chi connectivity index (χ3v) is 4.67. The number of aliphatic hydroxyl groups is 1. The number of benzene rings is 1. The fourth-order valence-electron chi connectivity index (χ4n) is 3.28. The number of amides is 1. The van der Waals surface area contributed by atoms with Gasteiger partial charge in [-0.15, -0.1) is 0 Å². The number of methoxy groups -OCH3 is 1. The molecule has 0 saturated carbocycles. The van der Waals surface area contributed by atoms with Crippen molar-refractivity contribution in [3.63, 3.8) is 0 Å². The highest BCUT2D eigenvalue weighted by atomic mass is 16.6. The second-order valence-electron chi connectivity index (χ2n) is 6.59. The van der Waals surface area contributed by atoms with Gasteiger partial charge in [0.15, 0.2) is 0 Å². The van der Waals surface area contributed by atoms with Gasteiger partial charge in [0, 0.05) is 38.0 Å². The fraction of sp³-hybridized carbons (Fsp3) is 0.300. The Bertz CT molecular complexity index is 975. The molecule has 1 aliphatic heterocycles. The molecule has 152 valence electrons. The second kappa shape index (κ2) is 8.27. The van der Waals surface area contributed by atoms with Crippen LogP contribution < -0.4 is 0 Å². The van der Waals surface area contributed by atoms with E-state index in [-0.39, 0.29) is 23.4 Å². The largest absolute Gasteiger partial charge is 0.507 e. The average Bonchev–Trinajstić information content (AvgIpc) is 3.24. The van der Waals surface area contributed by atoms with Crippen LogP contribution >= 0.6 is 0 Å². The number of ketones is 1. The van der Waals surface area contributed by atoms with E-state index in [0.717, 1.165) is 0 Å². The zero-order valence-electron chi connectivity index (χ0n) is 16.0. The number of hydrogen-bond acceptors (Lipinski definition) is 7. The summed E-state index contributed by atoms with van der Waals surface area (Å²) < 4.78 is 10.7. The minimum absolute atomic E-state index is 0.115. The van der Waals surface area contributed by atoms with Crippen molar-refractivity contribution in [2.75, 3.05) is 20.3 Å². The van der Waals surface area contributed by atoms with Gasteiger partial charge in [-0.2, -0.15) is 0 Å². The molecule has 1 aromatic carbocycles. The van der Waals surface area contributed by atoms with E-state index in [4.69, 9.17) is 9.15 Å². The molecule has 2 aromatic rings. The van der Waals surface area contributed by atoms with E-state index < -0.39 is 28.4 Å². The molecule has 0 aliphatic carbocycles. The van der Waals surface area contributed by atoms with Gasteiger partial charge in [0.2, 0.25) is 0 Å². The van der Waals surface area contributed by atoms with Crippen molar-refractivity contribution in [2.24, 2.45) is 0 Å². The fourth-order valence-corrected chi connectivity index (χ4v) is 3.28. The van der Waals surface area contributed by atoms with Gasteiger partial charge in [-0.3, -0.25) is 19.7 Å². The third-order valence-electron chi connectivity index (χ3n) is 4.67. The number of ether oxygens (including phenoxy) is 1. The molecule has 0 bridgehead atoms. The number of rotatable bonds is 7. The van der Waals surface area contributed by atoms with Gasteiger partial charge in [-0.25, -0.2) is 0 Å². The summed E-state index contributed by atoms with van der Waals surface area (Å²) in [5, 5.41) is 21.7. The Morgan fingerprint density at radius 1 is 1.24 bits per heavy atom. The normalized spacial score (nSPS) is 18.4. The summed E-state index contributed by atoms with van der Waals surface area (Å²) in [6.45, 7) is 2.37. The summed E-state index contributed by atoms with van der Waals surface area (Å²) in [5.41, 5.74) is -0.0748. The monoisotopic (exact) mass is 400 g/mol. The first-order valence-corrected chi connectivity index (χ1v) is 8.93. The summed E-state index contributed by atoms with van der Waals surface area (Å²) in [6, 6.07) is 7.56. The highest BCUT2D eigenvalue weighted by Crippen LogP contribution is 2.40. The number of Topliss-reactive ketones (excluding diaryl/α,β-unsaturated/α-hetero) is 1. The predicted molar refractivity (Wildman–Crippen MR) is 102 cm³/mol. The van der Waals surface area contributed by atoms with Crippen LogP contribution in [0.4, 0.5) is 5.69 Å². The molecule has 1 aliphatic rings. The number of nitro groups is 1. The number of likely N-dealkylation sites (tertiary alicyclic amines) is 1. The number of hydrogen-bond donors (Lipinski definition) is 1. The molecule has 3 rings (SSSR count). The molecule has 1 atom stereocenters. The van der Waals surface area contributed by atoms with Crippen LogP contribution in [0.1, 0.15) is 29.5 Å². The molecular weight excluding hydrogens is 380 g/mol. The van der Waals surface area contributed by atoms with Crippen molar-refractivity contribution in [3.05, 3.63) is 69.2 Å². The lowest BCUT2D eigenvalue weighted by atomic mass is 9.99. The van der Waals surface area contributed by atoms with Gasteiger partial charge in [0.05, 0.1) is 10.5 Å². The number of carbonyl (C=O) groups is 2. The number of non-ortho nitro benzene ring substituents is 1. The lowest BCUT2D eigenvalue weighted by Gasteiger charge is -2.23. The van der Waals surface area contributed by atoms with Crippen LogP contribution in [0.25, 0.3) is 5.76 Å². The van der Waals surface area contributed by atoms with Gasteiger partial charge < -0.3 is 19.2 Å². The molecule has 0 spiro atoms. The maximum atomic E-state index is 12.7. The summed E-state index contributed by atoms with van der Waals surface area (Å²) in [6.07, 6.45) is 0.497. The zero-order valence-corrected chi connectivity index (χ0v) is 16.0. The average molecular weight is 400 g/mol. The summed E-state index contributed by atoms with van der Waals surface area (Å²) >= 11 is 0. The van der Waals surface area contributed by atoms with E-state index in [2.05, 4.69) is 0 Å². The Hall–Kier alpha value is -3.46. The topological polar surface area (TPSA) is 123 Å². The van der Waals surface area contributed by atoms with Gasteiger partial charge in [0.25, 0.3) is 17.4 Å². The Morgan fingerprint density at radius 2 is 1.93 bits per heavy atom. The van der Waals surface area contributed by atoms with Crippen LogP contribution in [0.3, 0.4) is 0 Å². The number of aliphatic hydroxyl groups excluding tert-OH is 1. The number of nitrogens with zero attached hydrogens (tertiary/aromatic N) is 2. The van der Waals surface area contributed by atoms with Crippen LogP contribution in [0.2, 0.25) is 0 Å². The minimum atomic E-state index is -0.893. The molecule has 1 N–H and O–H groups in total. The van der Waals surface area contributed by atoms with E-state index >= 15 is 0 Å². The molecule has 1 amide bonds. The Balaban J connectivity index is 2.07. The molecule has 1 aromatic heterocycles. The molecule has 0 radical (unpaired) electrons. The van der Waals surface area contributed by atoms with E-state index in [1.807, 2.05) is 0 Å². The Morgan fingerprint density at radius 3 is 2.48 bits per heavy atom. The molecule has 2 heterocycles. The SMILES string of the molecule is COCCCN1C(=O)C(=O)/C(=C(\O)c2ccc([N+](=O)[O-])cc2)C1c1ccc(C)o1. The summed E-state index contributed by atoms with van der Waals surface area (Å²) in [4.78, 5) is 37.0. The number of carbonyl (C=O) groups excluding carboxylic acids is 2. The van der Waals surface area contributed by atoms with Crippen LogP contribution in [0.5, 0.6) is 0 Å². The van der Waals surface area contributed by atoms with Crippen molar-refractivity contribution in [2.45, 2.75) is 19.4 Å². The molecule has 9 nitrogen and oxygen atoms in total. The van der Waals surface area contributed by atoms with Crippen molar-refractivity contribution in [3.8, 4) is 0 Å². The quantitative estimate of drug-likeness (QED) is 0.189. The molecule has 9 heteroatoms. The minimum Gasteiger partial charge on any atom is -0.507 e. The molecule has 1 fully saturated rings. The standard InChI is InChI=1S/C20H20N2O7/c1-12-4-9-15(29-12)17-16(19(24)20(25)21(17)10-3-11-28-2)18(23)13-5-7-14(8-6-13)22(26)27/h4-9,17,23H,3,10-11H2,1-2H3/b18-16-. The van der Waals surface area contributed by atoms with Gasteiger partial charge >= 0.3 is 0 Å². The van der Waals surface area contributed by atoms with Crippen LogP contribution in [-0.2, 0) is 14.3 Å². The van der Waals surface area contributed by atoms with Gasteiger partial charge in [-0.1, -0.05) is 0 Å². The predicted octanol–water partition coefficient (Wildman–Crippen LogP) is 2.95. The van der Waals surface area contributed by atoms with E-state index in [1.165, 1.54) is 36.3 Å². The summed E-state index contributed by atoms with van der Waals surface area (Å²) in [5.74, 6) is -1.05. The lowest BCUT2D eigenvalue weighted by molar-refractivity contribution is -0.384. The highest BCUT2D eigenvalue weighted by Gasteiger charge is 2.47. The smallest absolute Gasteiger partial charge is 0.295 e. The Kier molecular flexibility index (Phi) is 5.79. The van der Waals surface area contributed by atoms with Crippen molar-refractivity contribution >= 4 is 23.1 Å².